The van der Waals surface area contributed by atoms with Crippen LogP contribution in [0.25, 0.3) is 0 Å². The summed E-state index contributed by atoms with van der Waals surface area (Å²) in [5.41, 5.74) is 7.20. The van der Waals surface area contributed by atoms with Gasteiger partial charge in [0.15, 0.2) is 0 Å². The van der Waals surface area contributed by atoms with Crippen LogP contribution in [0.4, 0.5) is 11.4 Å². The molecule has 1 rings (SSSR count). The molecule has 1 unspecified atom stereocenters. The van der Waals surface area contributed by atoms with E-state index in [-0.39, 0.29) is 18.0 Å². The number of nitrogens with one attached hydrogen (secondary N) is 2. The highest BCUT2D eigenvalue weighted by Crippen LogP contribution is 2.25. The minimum atomic E-state index is -0.319. The lowest BCUT2D eigenvalue weighted by molar-refractivity contribution is -0.122. The highest BCUT2D eigenvalue weighted by atomic mass is 16.5. The Balaban J connectivity index is 2.71. The number of ether oxygens (including phenoxy) is 1. The largest absolute Gasteiger partial charge is 0.492 e. The van der Waals surface area contributed by atoms with E-state index in [0.29, 0.717) is 18.0 Å². The van der Waals surface area contributed by atoms with Crippen LogP contribution in [0.1, 0.15) is 27.7 Å². The molecule has 0 aliphatic rings. The Labute approximate surface area is 114 Å². The number of rotatable bonds is 6. The van der Waals surface area contributed by atoms with Gasteiger partial charge >= 0.3 is 0 Å². The molecule has 0 aromatic heterocycles. The maximum atomic E-state index is 11.8. The highest BCUT2D eigenvalue weighted by Gasteiger charge is 2.13. The van der Waals surface area contributed by atoms with Crippen molar-refractivity contribution in [2.75, 3.05) is 17.7 Å². The number of nitrogens with two attached hydrogens (primary N) is 1. The van der Waals surface area contributed by atoms with E-state index < -0.39 is 0 Å². The molecular formula is C14H23N3O2. The first-order valence-electron chi connectivity index (χ1n) is 6.53. The number of hydrogen-bond acceptors (Lipinski definition) is 4. The maximum absolute atomic E-state index is 11.8. The molecule has 1 aromatic rings. The standard InChI is InChI=1S/C14H23N3O2/c1-5-19-13-8-11(6-7-12(13)15)17-10(4)14(18)16-9(2)3/h6-10,17H,5,15H2,1-4H3,(H,16,18). The molecule has 106 valence electrons. The number of amides is 1. The average Bonchev–Trinajstić information content (AvgIpc) is 2.32. The van der Waals surface area contributed by atoms with E-state index in [9.17, 15) is 4.79 Å². The SMILES string of the molecule is CCOc1cc(NC(C)C(=O)NC(C)C)ccc1N. The Hall–Kier alpha value is -1.91. The molecule has 5 heteroatoms. The summed E-state index contributed by atoms with van der Waals surface area (Å²) in [6, 6.07) is 5.21. The molecule has 0 fully saturated rings. The third-order valence-electron chi connectivity index (χ3n) is 2.52. The molecule has 0 aliphatic carbocycles. The molecule has 1 atom stereocenters. The molecule has 0 spiro atoms. The number of carbonyl (C=O) groups is 1. The smallest absolute Gasteiger partial charge is 0.242 e. The Morgan fingerprint density at radius 3 is 2.63 bits per heavy atom. The summed E-state index contributed by atoms with van der Waals surface area (Å²) < 4.78 is 5.42. The van der Waals surface area contributed by atoms with Gasteiger partial charge in [0, 0.05) is 17.8 Å². The van der Waals surface area contributed by atoms with Crippen molar-refractivity contribution in [1.29, 1.82) is 0 Å². The van der Waals surface area contributed by atoms with Gasteiger partial charge in [-0.2, -0.15) is 0 Å². The van der Waals surface area contributed by atoms with Gasteiger partial charge in [-0.1, -0.05) is 0 Å². The van der Waals surface area contributed by atoms with Gasteiger partial charge in [0.2, 0.25) is 5.91 Å². The second-order valence-electron chi connectivity index (χ2n) is 4.71. The third-order valence-corrected chi connectivity index (χ3v) is 2.52. The molecule has 4 N–H and O–H groups in total. The molecule has 0 aliphatic heterocycles. The average molecular weight is 265 g/mol. The Morgan fingerprint density at radius 1 is 1.37 bits per heavy atom. The van der Waals surface area contributed by atoms with Crippen LogP contribution in [-0.2, 0) is 4.79 Å². The van der Waals surface area contributed by atoms with Gasteiger partial charge in [0.05, 0.1) is 12.3 Å². The third kappa shape index (κ3) is 4.69. The summed E-state index contributed by atoms with van der Waals surface area (Å²) in [5, 5.41) is 5.98. The van der Waals surface area contributed by atoms with Gasteiger partial charge in [-0.05, 0) is 39.8 Å². The lowest BCUT2D eigenvalue weighted by atomic mass is 10.2. The Kier molecular flexibility index (Phi) is 5.48. The van der Waals surface area contributed by atoms with Crippen molar-refractivity contribution in [2.24, 2.45) is 0 Å². The van der Waals surface area contributed by atoms with E-state index in [0.717, 1.165) is 5.69 Å². The number of hydrogen-bond donors (Lipinski definition) is 3. The van der Waals surface area contributed by atoms with Crippen LogP contribution in [0, 0.1) is 0 Å². The fourth-order valence-electron chi connectivity index (χ4n) is 1.63. The van der Waals surface area contributed by atoms with Gasteiger partial charge in [-0.15, -0.1) is 0 Å². The zero-order valence-corrected chi connectivity index (χ0v) is 12.0. The topological polar surface area (TPSA) is 76.4 Å². The second-order valence-corrected chi connectivity index (χ2v) is 4.71. The van der Waals surface area contributed by atoms with E-state index in [1.54, 1.807) is 12.1 Å². The van der Waals surface area contributed by atoms with Crippen LogP contribution in [0.2, 0.25) is 0 Å². The minimum Gasteiger partial charge on any atom is -0.492 e. The first-order chi connectivity index (χ1) is 8.93. The Morgan fingerprint density at radius 2 is 2.05 bits per heavy atom. The predicted molar refractivity (Wildman–Crippen MR) is 78.4 cm³/mol. The van der Waals surface area contributed by atoms with Crippen molar-refractivity contribution >= 4 is 17.3 Å². The van der Waals surface area contributed by atoms with Crippen molar-refractivity contribution in [3.63, 3.8) is 0 Å². The number of carbonyl (C=O) groups excluding carboxylic acids is 1. The first-order valence-corrected chi connectivity index (χ1v) is 6.53. The highest BCUT2D eigenvalue weighted by molar-refractivity contribution is 5.84. The van der Waals surface area contributed by atoms with Crippen molar-refractivity contribution in [3.8, 4) is 5.75 Å². The van der Waals surface area contributed by atoms with Crippen molar-refractivity contribution < 1.29 is 9.53 Å². The molecule has 0 saturated heterocycles. The van der Waals surface area contributed by atoms with E-state index in [1.165, 1.54) is 0 Å². The van der Waals surface area contributed by atoms with Gasteiger partial charge < -0.3 is 21.1 Å². The predicted octanol–water partition coefficient (Wildman–Crippen LogP) is 1.99. The summed E-state index contributed by atoms with van der Waals surface area (Å²) >= 11 is 0. The fourth-order valence-corrected chi connectivity index (χ4v) is 1.63. The van der Waals surface area contributed by atoms with Crippen LogP contribution >= 0.6 is 0 Å². The molecule has 5 nitrogen and oxygen atoms in total. The van der Waals surface area contributed by atoms with E-state index in [2.05, 4.69) is 10.6 Å². The van der Waals surface area contributed by atoms with Crippen LogP contribution < -0.4 is 21.1 Å². The zero-order valence-electron chi connectivity index (χ0n) is 12.0. The van der Waals surface area contributed by atoms with Crippen LogP contribution in [0.15, 0.2) is 18.2 Å². The fraction of sp³-hybridized carbons (Fsp3) is 0.500. The Bertz CT molecular complexity index is 433. The van der Waals surface area contributed by atoms with E-state index >= 15 is 0 Å². The molecule has 19 heavy (non-hydrogen) atoms. The molecule has 0 bridgehead atoms. The number of benzene rings is 1. The number of anilines is 2. The molecule has 1 aromatic carbocycles. The molecule has 0 heterocycles. The molecular weight excluding hydrogens is 242 g/mol. The van der Waals surface area contributed by atoms with Gasteiger partial charge in [-0.3, -0.25) is 4.79 Å². The van der Waals surface area contributed by atoms with Crippen molar-refractivity contribution in [2.45, 2.75) is 39.8 Å². The zero-order chi connectivity index (χ0) is 14.4. The van der Waals surface area contributed by atoms with Crippen LogP contribution in [-0.4, -0.2) is 24.6 Å². The van der Waals surface area contributed by atoms with E-state index in [4.69, 9.17) is 10.5 Å². The summed E-state index contributed by atoms with van der Waals surface area (Å²) in [5.74, 6) is 0.591. The van der Waals surface area contributed by atoms with Crippen molar-refractivity contribution in [1.82, 2.24) is 5.32 Å². The normalized spacial score (nSPS) is 12.1. The lowest BCUT2D eigenvalue weighted by Crippen LogP contribution is -2.40. The number of nitrogen functional groups attached to an aromatic ring is 1. The maximum Gasteiger partial charge on any atom is 0.242 e. The van der Waals surface area contributed by atoms with E-state index in [1.807, 2.05) is 33.8 Å². The summed E-state index contributed by atoms with van der Waals surface area (Å²) in [4.78, 5) is 11.8. The van der Waals surface area contributed by atoms with Gasteiger partial charge in [0.1, 0.15) is 11.8 Å². The molecule has 0 saturated carbocycles. The lowest BCUT2D eigenvalue weighted by Gasteiger charge is -2.18. The first kappa shape index (κ1) is 15.1. The van der Waals surface area contributed by atoms with Crippen molar-refractivity contribution in [3.05, 3.63) is 18.2 Å². The minimum absolute atomic E-state index is 0.0372. The second kappa shape index (κ2) is 6.87. The molecule has 0 radical (unpaired) electrons. The summed E-state index contributed by atoms with van der Waals surface area (Å²) in [6.07, 6.45) is 0. The summed E-state index contributed by atoms with van der Waals surface area (Å²) in [7, 11) is 0. The molecule has 1 amide bonds. The monoisotopic (exact) mass is 265 g/mol. The van der Waals surface area contributed by atoms with Crippen LogP contribution in [0.5, 0.6) is 5.75 Å². The quantitative estimate of drug-likeness (QED) is 0.688. The summed E-state index contributed by atoms with van der Waals surface area (Å²) in [6.45, 7) is 8.13. The van der Waals surface area contributed by atoms with Gasteiger partial charge in [0.25, 0.3) is 0 Å². The van der Waals surface area contributed by atoms with Crippen LogP contribution in [0.3, 0.4) is 0 Å². The van der Waals surface area contributed by atoms with Gasteiger partial charge in [-0.25, -0.2) is 0 Å².